The first-order chi connectivity index (χ1) is 12.8. The second-order valence-corrected chi connectivity index (χ2v) is 6.71. The van der Waals surface area contributed by atoms with Crippen molar-refractivity contribution >= 4 is 28.0 Å². The SMILES string of the molecule is CCCn1c(CC)c(-c2ccc3ccccc3c2C=O)c2ccccc21. The van der Waals surface area contributed by atoms with Crippen LogP contribution in [0.2, 0.25) is 0 Å². The quantitative estimate of drug-likeness (QED) is 0.393. The molecule has 0 unspecified atom stereocenters. The van der Waals surface area contributed by atoms with Crippen molar-refractivity contribution < 1.29 is 4.79 Å². The van der Waals surface area contributed by atoms with Crippen LogP contribution in [0.15, 0.2) is 60.7 Å². The van der Waals surface area contributed by atoms with Crippen molar-refractivity contribution in [3.8, 4) is 11.1 Å². The Morgan fingerprint density at radius 2 is 1.62 bits per heavy atom. The Bertz CT molecular complexity index is 1100. The van der Waals surface area contributed by atoms with Gasteiger partial charge in [-0.05, 0) is 35.2 Å². The van der Waals surface area contributed by atoms with Gasteiger partial charge in [0, 0.05) is 34.3 Å². The van der Waals surface area contributed by atoms with Gasteiger partial charge in [0.2, 0.25) is 0 Å². The highest BCUT2D eigenvalue weighted by molar-refractivity contribution is 6.09. The average molecular weight is 341 g/mol. The van der Waals surface area contributed by atoms with Crippen LogP contribution in [0, 0.1) is 0 Å². The van der Waals surface area contributed by atoms with E-state index in [0.29, 0.717) is 0 Å². The molecule has 1 aromatic heterocycles. The maximum atomic E-state index is 12.1. The molecule has 0 amide bonds. The van der Waals surface area contributed by atoms with Crippen LogP contribution in [0.1, 0.15) is 36.3 Å². The molecule has 0 aliphatic rings. The number of aromatic nitrogens is 1. The summed E-state index contributed by atoms with van der Waals surface area (Å²) in [4.78, 5) is 12.1. The lowest BCUT2D eigenvalue weighted by Gasteiger charge is -2.12. The average Bonchev–Trinajstić information content (AvgIpc) is 3.00. The number of fused-ring (bicyclic) bond motifs is 2. The van der Waals surface area contributed by atoms with E-state index in [4.69, 9.17) is 0 Å². The molecule has 0 spiro atoms. The van der Waals surface area contributed by atoms with E-state index < -0.39 is 0 Å². The van der Waals surface area contributed by atoms with Crippen molar-refractivity contribution in [3.63, 3.8) is 0 Å². The van der Waals surface area contributed by atoms with Crippen LogP contribution >= 0.6 is 0 Å². The third-order valence-corrected chi connectivity index (χ3v) is 5.22. The van der Waals surface area contributed by atoms with Gasteiger partial charge in [-0.1, -0.05) is 68.4 Å². The monoisotopic (exact) mass is 341 g/mol. The zero-order valence-electron chi connectivity index (χ0n) is 15.3. The van der Waals surface area contributed by atoms with Crippen LogP contribution in [-0.2, 0) is 13.0 Å². The fraction of sp³-hybridized carbons (Fsp3) is 0.208. The van der Waals surface area contributed by atoms with Crippen molar-refractivity contribution in [2.24, 2.45) is 0 Å². The standard InChI is InChI=1S/C24H23NO/c1-3-15-25-22(4-2)24(20-11-7-8-12-23(20)25)19-14-13-17-9-5-6-10-18(17)21(19)16-26/h5-14,16H,3-4,15H2,1-2H3. The van der Waals surface area contributed by atoms with Crippen LogP contribution in [0.3, 0.4) is 0 Å². The van der Waals surface area contributed by atoms with Crippen molar-refractivity contribution in [1.82, 2.24) is 4.57 Å². The maximum absolute atomic E-state index is 12.1. The number of carbonyl (C=O) groups is 1. The van der Waals surface area contributed by atoms with Crippen LogP contribution in [0.4, 0.5) is 0 Å². The van der Waals surface area contributed by atoms with E-state index in [-0.39, 0.29) is 0 Å². The molecule has 0 N–H and O–H groups in total. The predicted molar refractivity (Wildman–Crippen MR) is 110 cm³/mol. The molecule has 3 aromatic carbocycles. The number of hydrogen-bond donors (Lipinski definition) is 0. The first-order valence-corrected chi connectivity index (χ1v) is 9.37. The highest BCUT2D eigenvalue weighted by Gasteiger charge is 2.19. The molecule has 0 atom stereocenters. The van der Waals surface area contributed by atoms with Gasteiger partial charge in [-0.3, -0.25) is 4.79 Å². The predicted octanol–water partition coefficient (Wildman–Crippen LogP) is 6.25. The lowest BCUT2D eigenvalue weighted by atomic mass is 9.92. The van der Waals surface area contributed by atoms with Gasteiger partial charge in [0.1, 0.15) is 0 Å². The second-order valence-electron chi connectivity index (χ2n) is 6.71. The molecular weight excluding hydrogens is 318 g/mol. The first kappa shape index (κ1) is 16.6. The summed E-state index contributed by atoms with van der Waals surface area (Å²) < 4.78 is 2.43. The Hall–Kier alpha value is -2.87. The molecule has 0 saturated carbocycles. The van der Waals surface area contributed by atoms with Gasteiger partial charge in [-0.15, -0.1) is 0 Å². The van der Waals surface area contributed by atoms with Crippen LogP contribution in [0.25, 0.3) is 32.8 Å². The molecule has 130 valence electrons. The minimum atomic E-state index is 0.789. The first-order valence-electron chi connectivity index (χ1n) is 9.37. The minimum Gasteiger partial charge on any atom is -0.344 e. The van der Waals surface area contributed by atoms with E-state index in [1.54, 1.807) is 0 Å². The summed E-state index contributed by atoms with van der Waals surface area (Å²) in [5.74, 6) is 0. The third kappa shape index (κ3) is 2.45. The van der Waals surface area contributed by atoms with E-state index >= 15 is 0 Å². The largest absolute Gasteiger partial charge is 0.344 e. The highest BCUT2D eigenvalue weighted by Crippen LogP contribution is 2.39. The van der Waals surface area contributed by atoms with Gasteiger partial charge in [-0.25, -0.2) is 0 Å². The summed E-state index contributed by atoms with van der Waals surface area (Å²) in [6.07, 6.45) is 3.04. The minimum absolute atomic E-state index is 0.789. The van der Waals surface area contributed by atoms with Crippen molar-refractivity contribution in [3.05, 3.63) is 71.9 Å². The third-order valence-electron chi connectivity index (χ3n) is 5.22. The van der Waals surface area contributed by atoms with Gasteiger partial charge >= 0.3 is 0 Å². The Morgan fingerprint density at radius 1 is 0.885 bits per heavy atom. The molecule has 0 fully saturated rings. The van der Waals surface area contributed by atoms with Gasteiger partial charge in [0.25, 0.3) is 0 Å². The molecular formula is C24H23NO. The smallest absolute Gasteiger partial charge is 0.151 e. The highest BCUT2D eigenvalue weighted by atomic mass is 16.1. The summed E-state index contributed by atoms with van der Waals surface area (Å²) in [5.41, 5.74) is 5.61. The lowest BCUT2D eigenvalue weighted by molar-refractivity contribution is 0.112. The molecule has 0 aliphatic heterocycles. The summed E-state index contributed by atoms with van der Waals surface area (Å²) in [6.45, 7) is 5.40. The van der Waals surface area contributed by atoms with Crippen molar-refractivity contribution in [2.45, 2.75) is 33.2 Å². The van der Waals surface area contributed by atoms with E-state index in [2.05, 4.69) is 60.9 Å². The summed E-state index contributed by atoms with van der Waals surface area (Å²) in [6, 6.07) is 20.9. The number of benzene rings is 3. The number of rotatable bonds is 5. The van der Waals surface area contributed by atoms with E-state index in [9.17, 15) is 4.79 Å². The number of carbonyl (C=O) groups excluding carboxylic acids is 1. The van der Waals surface area contributed by atoms with Crippen LogP contribution in [-0.4, -0.2) is 10.9 Å². The summed E-state index contributed by atoms with van der Waals surface area (Å²) >= 11 is 0. The molecule has 2 nitrogen and oxygen atoms in total. The number of hydrogen-bond acceptors (Lipinski definition) is 1. The van der Waals surface area contributed by atoms with Gasteiger partial charge in [0.15, 0.2) is 6.29 Å². The second kappa shape index (κ2) is 6.80. The fourth-order valence-corrected chi connectivity index (χ4v) is 4.14. The zero-order chi connectivity index (χ0) is 18.1. The number of aldehydes is 1. The van der Waals surface area contributed by atoms with Crippen LogP contribution in [0.5, 0.6) is 0 Å². The summed E-state index contributed by atoms with van der Waals surface area (Å²) in [5, 5.41) is 3.36. The van der Waals surface area contributed by atoms with E-state index in [1.807, 2.05) is 18.2 Å². The van der Waals surface area contributed by atoms with Crippen molar-refractivity contribution in [1.29, 1.82) is 0 Å². The van der Waals surface area contributed by atoms with Gasteiger partial charge in [0.05, 0.1) is 0 Å². The molecule has 2 heteroatoms. The topological polar surface area (TPSA) is 22.0 Å². The maximum Gasteiger partial charge on any atom is 0.151 e. The molecule has 0 radical (unpaired) electrons. The normalized spacial score (nSPS) is 11.3. The molecule has 1 heterocycles. The zero-order valence-corrected chi connectivity index (χ0v) is 15.3. The summed E-state index contributed by atoms with van der Waals surface area (Å²) in [7, 11) is 0. The van der Waals surface area contributed by atoms with Gasteiger partial charge < -0.3 is 4.57 Å². The Morgan fingerprint density at radius 3 is 2.35 bits per heavy atom. The lowest BCUT2D eigenvalue weighted by Crippen LogP contribution is -2.02. The number of nitrogens with zero attached hydrogens (tertiary/aromatic N) is 1. The molecule has 0 saturated heterocycles. The molecule has 4 aromatic rings. The van der Waals surface area contributed by atoms with E-state index in [1.165, 1.54) is 22.2 Å². The number of aryl methyl sites for hydroxylation is 1. The molecule has 26 heavy (non-hydrogen) atoms. The molecule has 0 aliphatic carbocycles. The Labute approximate surface area is 154 Å². The fourth-order valence-electron chi connectivity index (χ4n) is 4.14. The Balaban J connectivity index is 2.12. The van der Waals surface area contributed by atoms with E-state index in [0.717, 1.165) is 47.6 Å². The van der Waals surface area contributed by atoms with Crippen molar-refractivity contribution in [2.75, 3.05) is 0 Å². The molecule has 4 rings (SSSR count). The van der Waals surface area contributed by atoms with Crippen LogP contribution < -0.4 is 0 Å². The van der Waals surface area contributed by atoms with Gasteiger partial charge in [-0.2, -0.15) is 0 Å². The Kier molecular flexibility index (Phi) is 4.34. The molecule has 0 bridgehead atoms. The number of para-hydroxylation sites is 1.